The molecule has 0 aliphatic carbocycles. The Morgan fingerprint density at radius 2 is 0.977 bits per heavy atom. The highest BCUT2D eigenvalue weighted by Crippen LogP contribution is 2.40. The first-order chi connectivity index (χ1) is 21.3. The molecule has 200 valence electrons. The van der Waals surface area contributed by atoms with E-state index in [9.17, 15) is 0 Å². The Bertz CT molecular complexity index is 2500. The lowest BCUT2D eigenvalue weighted by atomic mass is 9.91. The van der Waals surface area contributed by atoms with Crippen LogP contribution in [0.1, 0.15) is 0 Å². The summed E-state index contributed by atoms with van der Waals surface area (Å²) >= 11 is 0. The van der Waals surface area contributed by atoms with Gasteiger partial charge in [0.15, 0.2) is 0 Å². The number of hydrogen-bond donors (Lipinski definition) is 0. The molecular formula is C42H27N. The molecule has 0 unspecified atom stereocenters. The number of para-hydroxylation sites is 1. The van der Waals surface area contributed by atoms with Crippen LogP contribution in [0.25, 0.3) is 82.1 Å². The molecule has 8 aromatic carbocycles. The van der Waals surface area contributed by atoms with Crippen LogP contribution in [0.4, 0.5) is 0 Å². The third kappa shape index (κ3) is 3.72. The predicted molar refractivity (Wildman–Crippen MR) is 184 cm³/mol. The molecule has 1 heterocycles. The summed E-state index contributed by atoms with van der Waals surface area (Å²) in [4.78, 5) is 0. The molecule has 1 aromatic heterocycles. The molecule has 0 atom stereocenters. The van der Waals surface area contributed by atoms with Crippen LogP contribution in [-0.2, 0) is 0 Å². The van der Waals surface area contributed by atoms with Crippen molar-refractivity contribution in [1.82, 2.24) is 4.57 Å². The molecule has 0 spiro atoms. The number of nitrogens with zero attached hydrogens (tertiary/aromatic N) is 1. The third-order valence-electron chi connectivity index (χ3n) is 8.96. The molecule has 0 radical (unpaired) electrons. The Labute approximate surface area is 249 Å². The molecule has 0 N–H and O–H groups in total. The van der Waals surface area contributed by atoms with Crippen LogP contribution in [-0.4, -0.2) is 4.57 Å². The molecule has 0 fully saturated rings. The summed E-state index contributed by atoms with van der Waals surface area (Å²) in [5.74, 6) is 0. The Balaban J connectivity index is 1.26. The monoisotopic (exact) mass is 545 g/mol. The second kappa shape index (κ2) is 9.44. The van der Waals surface area contributed by atoms with E-state index in [1.807, 2.05) is 0 Å². The second-order valence-corrected chi connectivity index (χ2v) is 11.4. The molecule has 0 bridgehead atoms. The van der Waals surface area contributed by atoms with E-state index in [0.29, 0.717) is 0 Å². The van der Waals surface area contributed by atoms with Crippen LogP contribution < -0.4 is 0 Å². The van der Waals surface area contributed by atoms with E-state index in [0.717, 1.165) is 0 Å². The molecule has 1 heteroatoms. The van der Waals surface area contributed by atoms with Crippen molar-refractivity contribution in [3.05, 3.63) is 164 Å². The summed E-state index contributed by atoms with van der Waals surface area (Å²) in [5, 5.41) is 10.2. The van der Waals surface area contributed by atoms with Crippen LogP contribution >= 0.6 is 0 Å². The van der Waals surface area contributed by atoms with Gasteiger partial charge < -0.3 is 4.57 Å². The minimum absolute atomic E-state index is 1.19. The molecule has 0 aliphatic heterocycles. The molecule has 1 nitrogen and oxygen atoms in total. The summed E-state index contributed by atoms with van der Waals surface area (Å²) in [6, 6.07) is 59.8. The third-order valence-corrected chi connectivity index (χ3v) is 8.96. The summed E-state index contributed by atoms with van der Waals surface area (Å²) in [6.45, 7) is 0. The predicted octanol–water partition coefficient (Wildman–Crippen LogP) is 11.6. The average Bonchev–Trinajstić information content (AvgIpc) is 3.42. The summed E-state index contributed by atoms with van der Waals surface area (Å²) in [6.07, 6.45) is 0. The fourth-order valence-electron chi connectivity index (χ4n) is 6.98. The van der Waals surface area contributed by atoms with Gasteiger partial charge in [-0.1, -0.05) is 133 Å². The van der Waals surface area contributed by atoms with Crippen LogP contribution in [0.15, 0.2) is 164 Å². The lowest BCUT2D eigenvalue weighted by Gasteiger charge is -2.13. The number of fused-ring (bicyclic) bond motifs is 7. The highest BCUT2D eigenvalue weighted by atomic mass is 15.0. The smallest absolute Gasteiger partial charge is 0.0547 e. The van der Waals surface area contributed by atoms with E-state index in [2.05, 4.69) is 168 Å². The van der Waals surface area contributed by atoms with Crippen molar-refractivity contribution in [2.45, 2.75) is 0 Å². The molecule has 0 amide bonds. The second-order valence-electron chi connectivity index (χ2n) is 11.4. The minimum atomic E-state index is 1.19. The zero-order valence-electron chi connectivity index (χ0n) is 23.5. The van der Waals surface area contributed by atoms with E-state index in [-0.39, 0.29) is 0 Å². The van der Waals surface area contributed by atoms with Gasteiger partial charge in [-0.15, -0.1) is 0 Å². The topological polar surface area (TPSA) is 4.93 Å². The highest BCUT2D eigenvalue weighted by molar-refractivity contribution is 6.22. The maximum Gasteiger partial charge on any atom is 0.0547 e. The molecule has 9 aromatic rings. The number of benzene rings is 8. The van der Waals surface area contributed by atoms with Crippen molar-refractivity contribution in [2.75, 3.05) is 0 Å². The maximum absolute atomic E-state index is 2.42. The quantitative estimate of drug-likeness (QED) is 0.208. The van der Waals surface area contributed by atoms with E-state index >= 15 is 0 Å². The summed E-state index contributed by atoms with van der Waals surface area (Å²) in [7, 11) is 0. The number of hydrogen-bond acceptors (Lipinski definition) is 0. The normalized spacial score (nSPS) is 11.7. The van der Waals surface area contributed by atoms with Crippen molar-refractivity contribution >= 4 is 54.1 Å². The lowest BCUT2D eigenvalue weighted by Crippen LogP contribution is -1.93. The van der Waals surface area contributed by atoms with E-state index in [4.69, 9.17) is 0 Å². The Kier molecular flexibility index (Phi) is 5.27. The molecular weight excluding hydrogens is 518 g/mol. The van der Waals surface area contributed by atoms with E-state index < -0.39 is 0 Å². The van der Waals surface area contributed by atoms with E-state index in [1.165, 1.54) is 82.1 Å². The Morgan fingerprint density at radius 3 is 1.79 bits per heavy atom. The van der Waals surface area contributed by atoms with Gasteiger partial charge in [0.05, 0.1) is 11.0 Å². The van der Waals surface area contributed by atoms with Gasteiger partial charge in [-0.2, -0.15) is 0 Å². The standard InChI is InChI=1S/C42H27N/c1-2-11-29(12-3-1)34-23-24-35(38-15-7-6-14-37(34)38)31-19-22-36-32(26-31)20-25-41-42(36)39-16-8-9-17-40(39)43(41)33-21-18-28-10-4-5-13-30(28)27-33/h1-27H. The van der Waals surface area contributed by atoms with Crippen molar-refractivity contribution in [3.8, 4) is 27.9 Å². The van der Waals surface area contributed by atoms with Crippen molar-refractivity contribution in [2.24, 2.45) is 0 Å². The first kappa shape index (κ1) is 24.0. The van der Waals surface area contributed by atoms with Gasteiger partial charge in [0.1, 0.15) is 0 Å². The van der Waals surface area contributed by atoms with Gasteiger partial charge in [0.2, 0.25) is 0 Å². The van der Waals surface area contributed by atoms with Gasteiger partial charge in [0.25, 0.3) is 0 Å². The first-order valence-electron chi connectivity index (χ1n) is 14.9. The molecule has 0 saturated heterocycles. The minimum Gasteiger partial charge on any atom is -0.309 e. The number of rotatable bonds is 3. The largest absolute Gasteiger partial charge is 0.309 e. The molecule has 9 rings (SSSR count). The Hall–Kier alpha value is -5.66. The fourth-order valence-corrected chi connectivity index (χ4v) is 6.98. The van der Waals surface area contributed by atoms with Crippen molar-refractivity contribution < 1.29 is 0 Å². The van der Waals surface area contributed by atoms with Gasteiger partial charge in [-0.25, -0.2) is 0 Å². The molecule has 0 aliphatic rings. The van der Waals surface area contributed by atoms with Gasteiger partial charge in [-0.05, 0) is 84.9 Å². The zero-order chi connectivity index (χ0) is 28.3. The Morgan fingerprint density at radius 1 is 0.326 bits per heavy atom. The summed E-state index contributed by atoms with van der Waals surface area (Å²) < 4.78 is 2.42. The zero-order valence-corrected chi connectivity index (χ0v) is 23.5. The van der Waals surface area contributed by atoms with Crippen LogP contribution in [0.5, 0.6) is 0 Å². The molecule has 0 saturated carbocycles. The highest BCUT2D eigenvalue weighted by Gasteiger charge is 2.16. The van der Waals surface area contributed by atoms with Crippen LogP contribution in [0.3, 0.4) is 0 Å². The van der Waals surface area contributed by atoms with E-state index in [1.54, 1.807) is 0 Å². The van der Waals surface area contributed by atoms with Gasteiger partial charge in [-0.3, -0.25) is 0 Å². The summed E-state index contributed by atoms with van der Waals surface area (Å²) in [5.41, 5.74) is 8.65. The lowest BCUT2D eigenvalue weighted by molar-refractivity contribution is 1.19. The molecule has 43 heavy (non-hydrogen) atoms. The first-order valence-corrected chi connectivity index (χ1v) is 14.9. The average molecular weight is 546 g/mol. The van der Waals surface area contributed by atoms with Gasteiger partial charge in [0, 0.05) is 16.5 Å². The van der Waals surface area contributed by atoms with Crippen LogP contribution in [0, 0.1) is 0 Å². The maximum atomic E-state index is 2.42. The van der Waals surface area contributed by atoms with Crippen LogP contribution in [0.2, 0.25) is 0 Å². The SMILES string of the molecule is c1ccc(-c2ccc(-c3ccc4c(ccc5c4c4ccccc4n5-c4ccc5ccccc5c4)c3)c3ccccc23)cc1. The van der Waals surface area contributed by atoms with Gasteiger partial charge >= 0.3 is 0 Å². The number of aromatic nitrogens is 1. The fraction of sp³-hybridized carbons (Fsp3) is 0. The van der Waals surface area contributed by atoms with Crippen molar-refractivity contribution in [1.29, 1.82) is 0 Å². The van der Waals surface area contributed by atoms with Crippen molar-refractivity contribution in [3.63, 3.8) is 0 Å².